The van der Waals surface area contributed by atoms with Crippen LogP contribution in [-0.4, -0.2) is 54.0 Å². The fraction of sp³-hybridized carbons (Fsp3) is 0.280. The Kier molecular flexibility index (Phi) is 6.82. The third kappa shape index (κ3) is 5.39. The summed E-state index contributed by atoms with van der Waals surface area (Å²) in [7, 11) is 1.57. The summed E-state index contributed by atoms with van der Waals surface area (Å²) in [6, 6.07) is 13.8. The lowest BCUT2D eigenvalue weighted by Crippen LogP contribution is -2.26. The van der Waals surface area contributed by atoms with Crippen molar-refractivity contribution >= 4 is 35.1 Å². The van der Waals surface area contributed by atoms with Crippen LogP contribution in [0.15, 0.2) is 59.8 Å². The lowest BCUT2D eigenvalue weighted by atomic mass is 10.1. The van der Waals surface area contributed by atoms with Crippen LogP contribution in [0.25, 0.3) is 11.3 Å². The van der Waals surface area contributed by atoms with Crippen molar-refractivity contribution < 1.29 is 19.1 Å². The maximum absolute atomic E-state index is 12.5. The lowest BCUT2D eigenvalue weighted by Gasteiger charge is -2.20. The van der Waals surface area contributed by atoms with Gasteiger partial charge < -0.3 is 20.1 Å². The number of fused-ring (bicyclic) bond motifs is 1. The minimum Gasteiger partial charge on any atom is -0.480 e. The van der Waals surface area contributed by atoms with E-state index < -0.39 is 0 Å². The highest BCUT2D eigenvalue weighted by Gasteiger charge is 2.32. The molecule has 5 rings (SSSR count). The Bertz CT molecular complexity index is 1250. The predicted octanol–water partition coefficient (Wildman–Crippen LogP) is 3.70. The van der Waals surface area contributed by atoms with Gasteiger partial charge in [0.05, 0.1) is 43.2 Å². The molecule has 3 aromatic rings. The van der Waals surface area contributed by atoms with Crippen LogP contribution in [0.5, 0.6) is 5.88 Å². The number of benzene rings is 2. The average Bonchev–Trinajstić information content (AvgIpc) is 3.26. The summed E-state index contributed by atoms with van der Waals surface area (Å²) < 4.78 is 10.7. The van der Waals surface area contributed by atoms with Crippen molar-refractivity contribution in [3.63, 3.8) is 0 Å². The molecule has 2 aliphatic rings. The first-order valence-electron chi connectivity index (χ1n) is 11.3. The van der Waals surface area contributed by atoms with Gasteiger partial charge in [0, 0.05) is 22.7 Å². The lowest BCUT2D eigenvalue weighted by molar-refractivity contribution is -0.113. The number of cyclic esters (lactones) is 1. The van der Waals surface area contributed by atoms with E-state index in [1.807, 2.05) is 30.3 Å². The molecule has 1 fully saturated rings. The number of rotatable bonds is 8. The number of thioether (sulfide) groups is 1. The maximum Gasteiger partial charge on any atom is 0.414 e. The third-order valence-electron chi connectivity index (χ3n) is 5.80. The quantitative estimate of drug-likeness (QED) is 0.460. The molecule has 0 aliphatic carbocycles. The van der Waals surface area contributed by atoms with Gasteiger partial charge in [-0.05, 0) is 42.8 Å². The number of hydrogen-bond donors (Lipinski definition) is 2. The SMILES string of the molecule is COc1cncc(-c2cccc(CNCCC3CN(c4ccc5c(c4)NC(=O)CS5)C(=O)O3)c2)n1. The van der Waals surface area contributed by atoms with Crippen molar-refractivity contribution in [2.75, 3.05) is 36.2 Å². The van der Waals surface area contributed by atoms with Crippen molar-refractivity contribution in [2.24, 2.45) is 0 Å². The second-order valence-corrected chi connectivity index (χ2v) is 9.26. The molecule has 9 nitrogen and oxygen atoms in total. The first kappa shape index (κ1) is 23.1. The maximum atomic E-state index is 12.5. The molecule has 180 valence electrons. The van der Waals surface area contributed by atoms with Gasteiger partial charge in [0.2, 0.25) is 11.8 Å². The van der Waals surface area contributed by atoms with Crippen LogP contribution in [0.3, 0.4) is 0 Å². The monoisotopic (exact) mass is 491 g/mol. The van der Waals surface area contributed by atoms with Gasteiger partial charge in [0.15, 0.2) is 0 Å². The number of hydrogen-bond acceptors (Lipinski definition) is 8. The van der Waals surface area contributed by atoms with E-state index in [-0.39, 0.29) is 18.1 Å². The van der Waals surface area contributed by atoms with Crippen molar-refractivity contribution in [1.82, 2.24) is 15.3 Å². The predicted molar refractivity (Wildman–Crippen MR) is 134 cm³/mol. The molecule has 0 saturated carbocycles. The summed E-state index contributed by atoms with van der Waals surface area (Å²) in [4.78, 5) is 35.4. The van der Waals surface area contributed by atoms with Gasteiger partial charge in [-0.1, -0.05) is 18.2 Å². The largest absolute Gasteiger partial charge is 0.480 e. The van der Waals surface area contributed by atoms with Gasteiger partial charge >= 0.3 is 6.09 Å². The smallest absolute Gasteiger partial charge is 0.414 e. The Hall–Kier alpha value is -3.63. The van der Waals surface area contributed by atoms with Gasteiger partial charge in [-0.15, -0.1) is 11.8 Å². The van der Waals surface area contributed by atoms with Crippen LogP contribution in [0.2, 0.25) is 0 Å². The molecule has 0 spiro atoms. The van der Waals surface area contributed by atoms with Gasteiger partial charge in [0.1, 0.15) is 6.10 Å². The van der Waals surface area contributed by atoms with Crippen molar-refractivity contribution in [1.29, 1.82) is 0 Å². The van der Waals surface area contributed by atoms with Crippen LogP contribution in [0.4, 0.5) is 16.2 Å². The number of amides is 2. The van der Waals surface area contributed by atoms with E-state index in [4.69, 9.17) is 9.47 Å². The molecule has 1 atom stereocenters. The van der Waals surface area contributed by atoms with Crippen LogP contribution in [0.1, 0.15) is 12.0 Å². The minimum absolute atomic E-state index is 0.0328. The number of methoxy groups -OCH3 is 1. The fourth-order valence-corrected chi connectivity index (χ4v) is 4.83. The number of carbonyl (C=O) groups excluding carboxylic acids is 2. The fourth-order valence-electron chi connectivity index (χ4n) is 4.04. The molecular formula is C25H25N5O4S. The molecule has 35 heavy (non-hydrogen) atoms. The molecule has 10 heteroatoms. The van der Waals surface area contributed by atoms with E-state index in [9.17, 15) is 9.59 Å². The summed E-state index contributed by atoms with van der Waals surface area (Å²) in [6.07, 6.45) is 3.42. The Balaban J connectivity index is 1.13. The first-order valence-corrected chi connectivity index (χ1v) is 12.3. The summed E-state index contributed by atoms with van der Waals surface area (Å²) >= 11 is 1.50. The summed E-state index contributed by atoms with van der Waals surface area (Å²) in [5.74, 6) is 0.854. The molecule has 2 aromatic carbocycles. The first-order chi connectivity index (χ1) is 17.1. The zero-order chi connectivity index (χ0) is 24.2. The Morgan fingerprint density at radius 3 is 3.03 bits per heavy atom. The van der Waals surface area contributed by atoms with Crippen LogP contribution >= 0.6 is 11.8 Å². The molecule has 1 unspecified atom stereocenters. The average molecular weight is 492 g/mol. The molecule has 2 aliphatic heterocycles. The number of ether oxygens (including phenoxy) is 2. The summed E-state index contributed by atoms with van der Waals surface area (Å²) in [6.45, 7) is 1.86. The molecule has 1 saturated heterocycles. The van der Waals surface area contributed by atoms with E-state index in [1.54, 1.807) is 24.4 Å². The highest BCUT2D eigenvalue weighted by molar-refractivity contribution is 8.00. The van der Waals surface area contributed by atoms with E-state index in [2.05, 4.69) is 32.7 Å². The zero-order valence-corrected chi connectivity index (χ0v) is 20.0. The van der Waals surface area contributed by atoms with Crippen LogP contribution in [0, 0.1) is 0 Å². The van der Waals surface area contributed by atoms with Crippen molar-refractivity contribution in [2.45, 2.75) is 24.0 Å². The van der Waals surface area contributed by atoms with Crippen molar-refractivity contribution in [3.05, 3.63) is 60.4 Å². The number of anilines is 2. The Labute approximate surface area is 207 Å². The Morgan fingerprint density at radius 1 is 1.23 bits per heavy atom. The number of aromatic nitrogens is 2. The van der Waals surface area contributed by atoms with Crippen molar-refractivity contribution in [3.8, 4) is 17.1 Å². The highest BCUT2D eigenvalue weighted by atomic mass is 32.2. The molecule has 0 bridgehead atoms. The minimum atomic E-state index is -0.364. The summed E-state index contributed by atoms with van der Waals surface area (Å²) in [5, 5.41) is 6.29. The van der Waals surface area contributed by atoms with E-state index in [0.717, 1.165) is 33.1 Å². The second-order valence-electron chi connectivity index (χ2n) is 8.25. The molecular weight excluding hydrogens is 466 g/mol. The second kappa shape index (κ2) is 10.3. The normalized spacial score (nSPS) is 17.1. The number of nitrogens with zero attached hydrogens (tertiary/aromatic N) is 3. The highest BCUT2D eigenvalue weighted by Crippen LogP contribution is 2.35. The molecule has 3 heterocycles. The molecule has 2 N–H and O–H groups in total. The topological polar surface area (TPSA) is 106 Å². The van der Waals surface area contributed by atoms with E-state index in [0.29, 0.717) is 37.7 Å². The van der Waals surface area contributed by atoms with Gasteiger partial charge in [-0.25, -0.2) is 9.78 Å². The van der Waals surface area contributed by atoms with Gasteiger partial charge in [0.25, 0.3) is 0 Å². The van der Waals surface area contributed by atoms with Gasteiger partial charge in [-0.2, -0.15) is 0 Å². The molecule has 2 amide bonds. The summed E-state index contributed by atoms with van der Waals surface area (Å²) in [5.41, 5.74) is 4.31. The van der Waals surface area contributed by atoms with Crippen LogP contribution in [-0.2, 0) is 16.1 Å². The number of carbonyl (C=O) groups is 2. The standard InChI is InChI=1S/C25H25N5O4S/c1-33-24-13-27-12-21(29-24)17-4-2-3-16(9-17)11-26-8-7-19-14-30(25(32)34-19)18-5-6-22-20(10-18)28-23(31)15-35-22/h2-6,9-10,12-13,19,26H,7-8,11,14-15H2,1H3,(H,28,31). The van der Waals surface area contributed by atoms with Gasteiger partial charge in [-0.3, -0.25) is 14.7 Å². The van der Waals surface area contributed by atoms with E-state index >= 15 is 0 Å². The molecule has 0 radical (unpaired) electrons. The number of nitrogens with one attached hydrogen (secondary N) is 2. The zero-order valence-electron chi connectivity index (χ0n) is 19.2. The van der Waals surface area contributed by atoms with Crippen LogP contribution < -0.4 is 20.3 Å². The third-order valence-corrected chi connectivity index (χ3v) is 6.87. The molecule has 1 aromatic heterocycles. The van der Waals surface area contributed by atoms with E-state index in [1.165, 1.54) is 11.8 Å². The Morgan fingerprint density at radius 2 is 2.14 bits per heavy atom.